The Labute approximate surface area is 151 Å². The number of benzene rings is 2. The second kappa shape index (κ2) is 8.03. The third-order valence-electron chi connectivity index (χ3n) is 3.97. The summed E-state index contributed by atoms with van der Waals surface area (Å²) in [6, 6.07) is 12.7. The molecule has 2 aromatic carbocycles. The van der Waals surface area contributed by atoms with Crippen molar-refractivity contribution in [2.75, 3.05) is 19.7 Å². The molecule has 1 aliphatic heterocycles. The van der Waals surface area contributed by atoms with E-state index >= 15 is 0 Å². The molecule has 130 valence electrons. The maximum absolute atomic E-state index is 12.0. The average Bonchev–Trinajstić information content (AvgIpc) is 3.06. The molecule has 0 spiro atoms. The van der Waals surface area contributed by atoms with Crippen molar-refractivity contribution >= 4 is 23.4 Å². The summed E-state index contributed by atoms with van der Waals surface area (Å²) in [6.45, 7) is 1.41. The molecule has 5 nitrogen and oxygen atoms in total. The average molecular weight is 359 g/mol. The molecule has 0 unspecified atom stereocenters. The molecule has 0 atom stereocenters. The first-order valence-corrected chi connectivity index (χ1v) is 8.55. The van der Waals surface area contributed by atoms with Crippen molar-refractivity contribution < 1.29 is 14.3 Å². The van der Waals surface area contributed by atoms with Gasteiger partial charge < -0.3 is 15.4 Å². The largest absolute Gasteiger partial charge is 0.493 e. The molecule has 0 aliphatic carbocycles. The maximum Gasteiger partial charge on any atom is 0.252 e. The summed E-state index contributed by atoms with van der Waals surface area (Å²) in [4.78, 5) is 24.0. The molecular formula is C19H19ClN2O3. The minimum atomic E-state index is -0.251. The molecule has 0 aromatic heterocycles. The predicted molar refractivity (Wildman–Crippen MR) is 96.1 cm³/mol. The number of carbonyl (C=O) groups is 2. The molecule has 2 N–H and O–H groups in total. The third-order valence-corrected chi connectivity index (χ3v) is 4.30. The lowest BCUT2D eigenvalue weighted by Crippen LogP contribution is -2.35. The van der Waals surface area contributed by atoms with E-state index in [4.69, 9.17) is 16.3 Å². The lowest BCUT2D eigenvalue weighted by Gasteiger charge is -2.08. The van der Waals surface area contributed by atoms with Gasteiger partial charge in [0.05, 0.1) is 23.6 Å². The van der Waals surface area contributed by atoms with Gasteiger partial charge >= 0.3 is 0 Å². The van der Waals surface area contributed by atoms with Crippen molar-refractivity contribution in [3.63, 3.8) is 0 Å². The summed E-state index contributed by atoms with van der Waals surface area (Å²) < 4.78 is 5.45. The van der Waals surface area contributed by atoms with Crippen LogP contribution in [0.5, 0.6) is 5.75 Å². The van der Waals surface area contributed by atoms with Gasteiger partial charge in [0.1, 0.15) is 5.75 Å². The van der Waals surface area contributed by atoms with E-state index in [0.717, 1.165) is 23.3 Å². The normalized spacial score (nSPS) is 12.2. The maximum atomic E-state index is 12.0. The fourth-order valence-electron chi connectivity index (χ4n) is 2.72. The zero-order chi connectivity index (χ0) is 17.6. The zero-order valence-electron chi connectivity index (χ0n) is 13.7. The smallest absolute Gasteiger partial charge is 0.252 e. The number of rotatable bonds is 6. The summed E-state index contributed by atoms with van der Waals surface area (Å²) in [7, 11) is 0. The quantitative estimate of drug-likeness (QED) is 0.779. The number of halogens is 1. The Bertz CT molecular complexity index is 792. The topological polar surface area (TPSA) is 67.4 Å². The molecule has 25 heavy (non-hydrogen) atoms. The Morgan fingerprint density at radius 2 is 1.88 bits per heavy atom. The van der Waals surface area contributed by atoms with Crippen molar-refractivity contribution in [1.29, 1.82) is 0 Å². The van der Waals surface area contributed by atoms with E-state index in [-0.39, 0.29) is 11.8 Å². The van der Waals surface area contributed by atoms with Crippen LogP contribution in [0.4, 0.5) is 0 Å². The Morgan fingerprint density at radius 1 is 1.08 bits per heavy atom. The zero-order valence-corrected chi connectivity index (χ0v) is 14.4. The summed E-state index contributed by atoms with van der Waals surface area (Å²) in [6.07, 6.45) is 1.20. The standard InChI is InChI=1S/C19H19ClN2O3/c20-16-4-2-1-3-15(16)19(24)22-9-8-21-18(23)12-13-5-6-17-14(11-13)7-10-25-17/h1-6,11H,7-10,12H2,(H,21,23)(H,22,24). The van der Waals surface area contributed by atoms with Gasteiger partial charge in [0.25, 0.3) is 5.91 Å². The van der Waals surface area contributed by atoms with E-state index in [0.29, 0.717) is 36.7 Å². The van der Waals surface area contributed by atoms with Gasteiger partial charge in [0, 0.05) is 19.5 Å². The monoisotopic (exact) mass is 358 g/mol. The van der Waals surface area contributed by atoms with Gasteiger partial charge in [-0.2, -0.15) is 0 Å². The molecule has 2 amide bonds. The number of hydrogen-bond acceptors (Lipinski definition) is 3. The van der Waals surface area contributed by atoms with E-state index in [1.807, 2.05) is 18.2 Å². The number of hydrogen-bond donors (Lipinski definition) is 2. The van der Waals surface area contributed by atoms with Crippen LogP contribution in [0.3, 0.4) is 0 Å². The number of fused-ring (bicyclic) bond motifs is 1. The molecule has 1 aliphatic rings. The highest BCUT2D eigenvalue weighted by Crippen LogP contribution is 2.25. The number of carbonyl (C=O) groups excluding carboxylic acids is 2. The molecule has 1 heterocycles. The van der Waals surface area contributed by atoms with Crippen molar-refractivity contribution in [1.82, 2.24) is 10.6 Å². The minimum absolute atomic E-state index is 0.0779. The van der Waals surface area contributed by atoms with E-state index in [9.17, 15) is 9.59 Å². The summed E-state index contributed by atoms with van der Waals surface area (Å²) >= 11 is 5.97. The Balaban J connectivity index is 1.41. The fourth-order valence-corrected chi connectivity index (χ4v) is 2.94. The molecule has 0 fully saturated rings. The molecule has 0 radical (unpaired) electrons. The lowest BCUT2D eigenvalue weighted by atomic mass is 10.1. The van der Waals surface area contributed by atoms with Gasteiger partial charge in [0.2, 0.25) is 5.91 Å². The summed E-state index contributed by atoms with van der Waals surface area (Å²) in [5.41, 5.74) is 2.54. The molecule has 0 saturated carbocycles. The van der Waals surface area contributed by atoms with Crippen molar-refractivity contribution in [3.8, 4) is 5.75 Å². The Hall–Kier alpha value is -2.53. The van der Waals surface area contributed by atoms with Crippen LogP contribution < -0.4 is 15.4 Å². The van der Waals surface area contributed by atoms with Gasteiger partial charge in [-0.3, -0.25) is 9.59 Å². The second-order valence-electron chi connectivity index (χ2n) is 5.80. The van der Waals surface area contributed by atoms with Crippen molar-refractivity contribution in [2.45, 2.75) is 12.8 Å². The van der Waals surface area contributed by atoms with Crippen LogP contribution in [0, 0.1) is 0 Å². The minimum Gasteiger partial charge on any atom is -0.493 e. The van der Waals surface area contributed by atoms with Gasteiger partial charge in [-0.05, 0) is 29.3 Å². The number of amides is 2. The number of nitrogens with one attached hydrogen (secondary N) is 2. The van der Waals surface area contributed by atoms with Crippen molar-refractivity contribution in [3.05, 3.63) is 64.2 Å². The molecule has 3 rings (SSSR count). The molecule has 0 saturated heterocycles. The Kier molecular flexibility index (Phi) is 5.56. The van der Waals surface area contributed by atoms with E-state index in [1.165, 1.54) is 0 Å². The Morgan fingerprint density at radius 3 is 2.72 bits per heavy atom. The molecule has 0 bridgehead atoms. The van der Waals surface area contributed by atoms with Crippen LogP contribution in [-0.4, -0.2) is 31.5 Å². The SMILES string of the molecule is O=C(Cc1ccc2c(c1)CCO2)NCCNC(=O)c1ccccc1Cl. The van der Waals surface area contributed by atoms with E-state index < -0.39 is 0 Å². The van der Waals surface area contributed by atoms with Gasteiger partial charge in [0.15, 0.2) is 0 Å². The fraction of sp³-hybridized carbons (Fsp3) is 0.263. The van der Waals surface area contributed by atoms with Crippen LogP contribution >= 0.6 is 11.6 Å². The van der Waals surface area contributed by atoms with Crippen LogP contribution in [0.15, 0.2) is 42.5 Å². The van der Waals surface area contributed by atoms with Crippen LogP contribution in [0.25, 0.3) is 0 Å². The highest BCUT2D eigenvalue weighted by Gasteiger charge is 2.13. The first-order chi connectivity index (χ1) is 12.1. The van der Waals surface area contributed by atoms with Crippen LogP contribution in [-0.2, 0) is 17.6 Å². The summed E-state index contributed by atoms with van der Waals surface area (Å²) in [5, 5.41) is 5.95. The number of ether oxygens (including phenoxy) is 1. The van der Waals surface area contributed by atoms with E-state index in [1.54, 1.807) is 24.3 Å². The van der Waals surface area contributed by atoms with E-state index in [2.05, 4.69) is 10.6 Å². The highest BCUT2D eigenvalue weighted by molar-refractivity contribution is 6.33. The van der Waals surface area contributed by atoms with Gasteiger partial charge in [-0.1, -0.05) is 35.9 Å². The lowest BCUT2D eigenvalue weighted by molar-refractivity contribution is -0.120. The predicted octanol–water partition coefficient (Wildman–Crippen LogP) is 2.36. The summed E-state index contributed by atoms with van der Waals surface area (Å²) in [5.74, 6) is 0.579. The molecule has 2 aromatic rings. The third kappa shape index (κ3) is 4.51. The highest BCUT2D eigenvalue weighted by atomic mass is 35.5. The first-order valence-electron chi connectivity index (χ1n) is 8.17. The van der Waals surface area contributed by atoms with Gasteiger partial charge in [-0.15, -0.1) is 0 Å². The molecular weight excluding hydrogens is 340 g/mol. The second-order valence-corrected chi connectivity index (χ2v) is 6.21. The van der Waals surface area contributed by atoms with Crippen molar-refractivity contribution in [2.24, 2.45) is 0 Å². The van der Waals surface area contributed by atoms with Crippen LogP contribution in [0.2, 0.25) is 5.02 Å². The van der Waals surface area contributed by atoms with Crippen LogP contribution in [0.1, 0.15) is 21.5 Å². The van der Waals surface area contributed by atoms with Gasteiger partial charge in [-0.25, -0.2) is 0 Å². The first kappa shape index (κ1) is 17.3. The molecule has 6 heteroatoms.